The number of rotatable bonds is 14. The molecule has 0 heterocycles. The van der Waals surface area contributed by atoms with Crippen LogP contribution >= 0.6 is 0 Å². The number of amides is 1. The van der Waals surface area contributed by atoms with E-state index in [-0.39, 0.29) is 12.6 Å². The lowest BCUT2D eigenvalue weighted by Crippen LogP contribution is -2.42. The van der Waals surface area contributed by atoms with Crippen LogP contribution in [0.3, 0.4) is 0 Å². The second-order valence-electron chi connectivity index (χ2n) is 6.38. The number of hydrogen-bond acceptors (Lipinski definition) is 5. The molecule has 142 valence electrons. The van der Waals surface area contributed by atoms with Crippen LogP contribution in [0, 0.1) is 5.92 Å². The van der Waals surface area contributed by atoms with Crippen LogP contribution in [-0.4, -0.2) is 45.0 Å². The maximum Gasteiger partial charge on any atom is 0.407 e. The van der Waals surface area contributed by atoms with Gasteiger partial charge < -0.3 is 19.5 Å². The third-order valence-corrected chi connectivity index (χ3v) is 3.61. The lowest BCUT2D eigenvalue weighted by atomic mass is 10.1. The lowest BCUT2D eigenvalue weighted by molar-refractivity contribution is -0.146. The minimum Gasteiger partial charge on any atom is -0.464 e. The monoisotopic (exact) mass is 345 g/mol. The van der Waals surface area contributed by atoms with Gasteiger partial charge in [0.05, 0.1) is 13.2 Å². The number of unbranched alkanes of at least 4 members (excludes halogenated alkanes) is 3. The number of methoxy groups -OCH3 is 1. The number of carbonyl (C=O) groups excluding carboxylic acids is 2. The van der Waals surface area contributed by atoms with Crippen molar-refractivity contribution >= 4 is 12.1 Å². The summed E-state index contributed by atoms with van der Waals surface area (Å²) in [6.45, 7) is 7.28. The second kappa shape index (κ2) is 15.2. The van der Waals surface area contributed by atoms with E-state index in [1.807, 2.05) is 0 Å². The van der Waals surface area contributed by atoms with Crippen LogP contribution in [0.1, 0.15) is 65.7 Å². The first-order chi connectivity index (χ1) is 11.5. The molecule has 1 unspecified atom stereocenters. The van der Waals surface area contributed by atoms with Crippen LogP contribution in [0.25, 0.3) is 0 Å². The van der Waals surface area contributed by atoms with Crippen molar-refractivity contribution in [1.82, 2.24) is 5.32 Å². The zero-order valence-corrected chi connectivity index (χ0v) is 15.8. The molecule has 6 heteroatoms. The largest absolute Gasteiger partial charge is 0.464 e. The molecule has 1 N–H and O–H groups in total. The van der Waals surface area contributed by atoms with Crippen LogP contribution in [-0.2, 0) is 19.0 Å². The highest BCUT2D eigenvalue weighted by Gasteiger charge is 2.22. The van der Waals surface area contributed by atoms with Gasteiger partial charge >= 0.3 is 12.1 Å². The Morgan fingerprint density at radius 1 is 0.917 bits per heavy atom. The number of alkyl carbamates (subject to hydrolysis) is 1. The molecule has 6 nitrogen and oxygen atoms in total. The maximum absolute atomic E-state index is 12.2. The fourth-order valence-corrected chi connectivity index (χ4v) is 2.19. The highest BCUT2D eigenvalue weighted by molar-refractivity contribution is 5.81. The smallest absolute Gasteiger partial charge is 0.407 e. The average Bonchev–Trinajstić information content (AvgIpc) is 2.54. The first kappa shape index (κ1) is 22.7. The number of carbonyl (C=O) groups is 2. The van der Waals surface area contributed by atoms with Gasteiger partial charge in [0.1, 0.15) is 12.6 Å². The van der Waals surface area contributed by atoms with Gasteiger partial charge in [-0.1, -0.05) is 46.5 Å². The van der Waals surface area contributed by atoms with Gasteiger partial charge in [-0.2, -0.15) is 0 Å². The number of nitrogens with one attached hydrogen (secondary N) is 1. The molecule has 0 aromatic heterocycles. The van der Waals surface area contributed by atoms with Crippen molar-refractivity contribution in [3.63, 3.8) is 0 Å². The Kier molecular flexibility index (Phi) is 14.4. The third-order valence-electron chi connectivity index (χ3n) is 3.61. The van der Waals surface area contributed by atoms with Crippen molar-refractivity contribution in [1.29, 1.82) is 0 Å². The molecule has 0 aliphatic heterocycles. The Labute approximate surface area is 146 Å². The van der Waals surface area contributed by atoms with Gasteiger partial charge in [-0.25, -0.2) is 9.59 Å². The van der Waals surface area contributed by atoms with Crippen molar-refractivity contribution in [2.24, 2.45) is 5.92 Å². The zero-order valence-electron chi connectivity index (χ0n) is 15.8. The quantitative estimate of drug-likeness (QED) is 0.384. The van der Waals surface area contributed by atoms with E-state index in [1.165, 1.54) is 7.11 Å². The van der Waals surface area contributed by atoms with Gasteiger partial charge in [-0.3, -0.25) is 0 Å². The highest BCUT2D eigenvalue weighted by atomic mass is 16.6. The van der Waals surface area contributed by atoms with Crippen LogP contribution in [0.2, 0.25) is 0 Å². The molecule has 0 rings (SSSR count). The summed E-state index contributed by atoms with van der Waals surface area (Å²) >= 11 is 0. The Morgan fingerprint density at radius 2 is 1.67 bits per heavy atom. The number of ether oxygens (including phenoxy) is 3. The Balaban J connectivity index is 4.28. The Bertz CT molecular complexity index is 333. The molecular weight excluding hydrogens is 310 g/mol. The van der Waals surface area contributed by atoms with Crippen LogP contribution in [0.4, 0.5) is 4.79 Å². The van der Waals surface area contributed by atoms with E-state index >= 15 is 0 Å². The molecule has 0 aromatic carbocycles. The molecular formula is C18H35NO5. The summed E-state index contributed by atoms with van der Waals surface area (Å²) in [4.78, 5) is 23.9. The van der Waals surface area contributed by atoms with Crippen molar-refractivity contribution in [2.75, 3.05) is 26.9 Å². The van der Waals surface area contributed by atoms with Gasteiger partial charge in [0, 0.05) is 7.11 Å². The summed E-state index contributed by atoms with van der Waals surface area (Å²) in [7, 11) is 1.53. The molecule has 0 bridgehead atoms. The molecule has 1 amide bonds. The topological polar surface area (TPSA) is 73.9 Å². The van der Waals surface area contributed by atoms with Crippen molar-refractivity contribution < 1.29 is 23.8 Å². The van der Waals surface area contributed by atoms with Crippen LogP contribution in [0.15, 0.2) is 0 Å². The zero-order chi connectivity index (χ0) is 18.2. The standard InChI is InChI=1S/C18H35NO5/c1-5-6-7-8-11-16(19-18(21)24-14-13-22-4)17(20)23-12-9-10-15(2)3/h15-16H,5-14H2,1-4H3,(H,19,21). The van der Waals surface area contributed by atoms with Crippen LogP contribution in [0.5, 0.6) is 0 Å². The van der Waals surface area contributed by atoms with Crippen molar-refractivity contribution in [3.05, 3.63) is 0 Å². The maximum atomic E-state index is 12.2. The normalized spacial score (nSPS) is 12.0. The summed E-state index contributed by atoms with van der Waals surface area (Å²) in [6, 6.07) is -0.643. The Hall–Kier alpha value is -1.30. The summed E-state index contributed by atoms with van der Waals surface area (Å²) < 4.78 is 15.1. The molecule has 0 radical (unpaired) electrons. The third kappa shape index (κ3) is 13.2. The van der Waals surface area contributed by atoms with Gasteiger partial charge in [0.25, 0.3) is 0 Å². The first-order valence-electron chi connectivity index (χ1n) is 9.10. The number of esters is 1. The van der Waals surface area contributed by atoms with Gasteiger partial charge in [0.15, 0.2) is 0 Å². The molecule has 0 saturated heterocycles. The van der Waals surface area contributed by atoms with E-state index in [2.05, 4.69) is 26.1 Å². The number of hydrogen-bond donors (Lipinski definition) is 1. The minimum atomic E-state index is -0.643. The van der Waals surface area contributed by atoms with E-state index in [4.69, 9.17) is 14.2 Å². The van der Waals surface area contributed by atoms with E-state index < -0.39 is 12.1 Å². The van der Waals surface area contributed by atoms with E-state index in [0.29, 0.717) is 25.6 Å². The minimum absolute atomic E-state index is 0.161. The molecule has 0 aliphatic carbocycles. The van der Waals surface area contributed by atoms with Crippen molar-refractivity contribution in [2.45, 2.75) is 71.8 Å². The molecule has 0 aromatic rings. The summed E-state index contributed by atoms with van der Waals surface area (Å²) in [5, 5.41) is 2.61. The van der Waals surface area contributed by atoms with Gasteiger partial charge in [-0.15, -0.1) is 0 Å². The molecule has 1 atom stereocenters. The molecule has 0 aliphatic rings. The van der Waals surface area contributed by atoms with Crippen LogP contribution < -0.4 is 5.32 Å². The van der Waals surface area contributed by atoms with E-state index in [1.54, 1.807) is 0 Å². The highest BCUT2D eigenvalue weighted by Crippen LogP contribution is 2.09. The SMILES string of the molecule is CCCCCCC(NC(=O)OCCOC)C(=O)OCCCC(C)C. The molecule has 0 saturated carbocycles. The first-order valence-corrected chi connectivity index (χ1v) is 9.10. The fraction of sp³-hybridized carbons (Fsp3) is 0.889. The predicted molar refractivity (Wildman–Crippen MR) is 93.9 cm³/mol. The average molecular weight is 345 g/mol. The molecule has 24 heavy (non-hydrogen) atoms. The van der Waals surface area contributed by atoms with E-state index in [0.717, 1.165) is 38.5 Å². The predicted octanol–water partition coefficient (Wildman–Crippen LogP) is 3.68. The summed E-state index contributed by atoms with van der Waals surface area (Å²) in [6.07, 6.45) is 5.97. The Morgan fingerprint density at radius 3 is 2.29 bits per heavy atom. The van der Waals surface area contributed by atoms with Gasteiger partial charge in [-0.05, 0) is 25.2 Å². The van der Waals surface area contributed by atoms with Crippen molar-refractivity contribution in [3.8, 4) is 0 Å². The van der Waals surface area contributed by atoms with Gasteiger partial charge in [0.2, 0.25) is 0 Å². The summed E-state index contributed by atoms with van der Waals surface area (Å²) in [5.41, 5.74) is 0. The molecule has 0 spiro atoms. The molecule has 0 fully saturated rings. The lowest BCUT2D eigenvalue weighted by Gasteiger charge is -2.17. The van der Waals surface area contributed by atoms with E-state index in [9.17, 15) is 9.59 Å². The summed E-state index contributed by atoms with van der Waals surface area (Å²) in [5.74, 6) is 0.210. The second-order valence-corrected chi connectivity index (χ2v) is 6.38. The fourth-order valence-electron chi connectivity index (χ4n) is 2.19.